The van der Waals surface area contributed by atoms with Gasteiger partial charge in [-0.2, -0.15) is 0 Å². The fourth-order valence-electron chi connectivity index (χ4n) is 2.23. The smallest absolute Gasteiger partial charge is 0.277 e. The highest BCUT2D eigenvalue weighted by atomic mass is 35.5. The highest BCUT2D eigenvalue weighted by Gasteiger charge is 2.17. The van der Waals surface area contributed by atoms with Crippen molar-refractivity contribution >= 4 is 52.2 Å². The zero-order valence-corrected chi connectivity index (χ0v) is 16.4. The first-order valence-electron chi connectivity index (χ1n) is 7.85. The van der Waals surface area contributed by atoms with E-state index in [1.807, 2.05) is 30.3 Å². The molecule has 0 radical (unpaired) electrons. The van der Waals surface area contributed by atoms with Crippen molar-refractivity contribution in [2.24, 2.45) is 0 Å². The van der Waals surface area contributed by atoms with E-state index in [0.717, 1.165) is 29.5 Å². The molecule has 1 N–H and O–H groups in total. The van der Waals surface area contributed by atoms with Gasteiger partial charge in [0.15, 0.2) is 0 Å². The first-order chi connectivity index (χ1) is 13.4. The Labute approximate surface area is 173 Å². The van der Waals surface area contributed by atoms with Crippen LogP contribution in [0.5, 0.6) is 0 Å². The number of amides is 1. The number of anilines is 1. The Bertz CT molecular complexity index is 990. The quantitative estimate of drug-likeness (QED) is 0.325. The molecule has 1 amide bonds. The highest BCUT2D eigenvalue weighted by molar-refractivity contribution is 7.99. The maximum absolute atomic E-state index is 12.1. The van der Waals surface area contributed by atoms with Crippen molar-refractivity contribution in [2.45, 2.75) is 11.6 Å². The van der Waals surface area contributed by atoms with Crippen molar-refractivity contribution in [1.82, 2.24) is 10.2 Å². The zero-order chi connectivity index (χ0) is 20.1. The Hall–Kier alpha value is -2.62. The van der Waals surface area contributed by atoms with Crippen LogP contribution in [0.2, 0.25) is 10.0 Å². The average Bonchev–Trinajstić information content (AvgIpc) is 3.11. The average molecular weight is 439 g/mol. The van der Waals surface area contributed by atoms with Gasteiger partial charge in [-0.05, 0) is 5.56 Å². The second-order valence-electron chi connectivity index (χ2n) is 5.50. The Morgan fingerprint density at radius 3 is 2.50 bits per heavy atom. The van der Waals surface area contributed by atoms with Crippen LogP contribution in [-0.4, -0.2) is 26.8 Å². The van der Waals surface area contributed by atoms with Gasteiger partial charge in [0.05, 0.1) is 32.8 Å². The largest absolute Gasteiger partial charge is 0.416 e. The van der Waals surface area contributed by atoms with E-state index in [2.05, 4.69) is 15.5 Å². The van der Waals surface area contributed by atoms with E-state index in [1.54, 1.807) is 0 Å². The van der Waals surface area contributed by atoms with Crippen molar-refractivity contribution in [1.29, 1.82) is 0 Å². The van der Waals surface area contributed by atoms with Crippen LogP contribution >= 0.6 is 35.0 Å². The highest BCUT2D eigenvalue weighted by Crippen LogP contribution is 2.34. The third kappa shape index (κ3) is 5.22. The minimum Gasteiger partial charge on any atom is -0.416 e. The molecular weight excluding hydrogens is 427 g/mol. The molecule has 3 aromatic rings. The van der Waals surface area contributed by atoms with E-state index in [0.29, 0.717) is 12.3 Å². The first kappa shape index (κ1) is 20.1. The summed E-state index contributed by atoms with van der Waals surface area (Å²) in [5.41, 5.74) is 0.872. The maximum Gasteiger partial charge on any atom is 0.277 e. The van der Waals surface area contributed by atoms with Crippen LogP contribution in [0.25, 0.3) is 0 Å². The summed E-state index contributed by atoms with van der Waals surface area (Å²) < 4.78 is 5.51. The van der Waals surface area contributed by atoms with E-state index in [9.17, 15) is 14.9 Å². The number of nitrogens with zero attached hydrogens (tertiary/aromatic N) is 3. The minimum absolute atomic E-state index is 0.0273. The van der Waals surface area contributed by atoms with E-state index < -0.39 is 10.8 Å². The van der Waals surface area contributed by atoms with Crippen LogP contribution in [0.15, 0.2) is 52.1 Å². The van der Waals surface area contributed by atoms with Crippen LogP contribution < -0.4 is 5.32 Å². The number of nitro benzene ring substituents is 1. The van der Waals surface area contributed by atoms with Crippen molar-refractivity contribution in [3.63, 3.8) is 0 Å². The van der Waals surface area contributed by atoms with Gasteiger partial charge < -0.3 is 9.73 Å². The van der Waals surface area contributed by atoms with Crippen LogP contribution in [0, 0.1) is 10.1 Å². The number of aromatic nitrogens is 2. The lowest BCUT2D eigenvalue weighted by Gasteiger charge is -2.08. The summed E-state index contributed by atoms with van der Waals surface area (Å²) in [7, 11) is 0. The number of carbonyl (C=O) groups excluding carboxylic acids is 1. The molecule has 1 aromatic heterocycles. The molecule has 0 unspecified atom stereocenters. The summed E-state index contributed by atoms with van der Waals surface area (Å²) in [4.78, 5) is 22.3. The predicted octanol–water partition coefficient (Wildman–Crippen LogP) is 4.61. The topological polar surface area (TPSA) is 111 Å². The van der Waals surface area contributed by atoms with Crippen LogP contribution in [0.1, 0.15) is 11.5 Å². The summed E-state index contributed by atoms with van der Waals surface area (Å²) in [6.07, 6.45) is 0.495. The van der Waals surface area contributed by atoms with Crippen LogP contribution in [0.3, 0.4) is 0 Å². The Morgan fingerprint density at radius 1 is 1.18 bits per heavy atom. The van der Waals surface area contributed by atoms with Crippen molar-refractivity contribution in [3.05, 3.63) is 74.1 Å². The molecule has 1 heterocycles. The van der Waals surface area contributed by atoms with Gasteiger partial charge >= 0.3 is 0 Å². The van der Waals surface area contributed by atoms with E-state index in [-0.39, 0.29) is 32.4 Å². The molecule has 0 aliphatic rings. The number of thioether (sulfide) groups is 1. The Balaban J connectivity index is 1.57. The second-order valence-corrected chi connectivity index (χ2v) is 7.24. The van der Waals surface area contributed by atoms with E-state index >= 15 is 0 Å². The van der Waals surface area contributed by atoms with Gasteiger partial charge in [-0.1, -0.05) is 65.3 Å². The molecule has 0 fully saturated rings. The van der Waals surface area contributed by atoms with Gasteiger partial charge in [0.25, 0.3) is 10.9 Å². The molecule has 0 atom stereocenters. The summed E-state index contributed by atoms with van der Waals surface area (Å²) in [5, 5.41) is 21.4. The number of non-ortho nitro benzene ring substituents is 1. The molecule has 0 aliphatic carbocycles. The van der Waals surface area contributed by atoms with Gasteiger partial charge in [-0.25, -0.2) is 0 Å². The predicted molar refractivity (Wildman–Crippen MR) is 106 cm³/mol. The lowest BCUT2D eigenvalue weighted by atomic mass is 10.2. The summed E-state index contributed by atoms with van der Waals surface area (Å²) in [6.45, 7) is 0. The fraction of sp³-hybridized carbons (Fsp3) is 0.118. The van der Waals surface area contributed by atoms with Crippen molar-refractivity contribution < 1.29 is 14.1 Å². The first-order valence-corrected chi connectivity index (χ1v) is 9.59. The summed E-state index contributed by atoms with van der Waals surface area (Å²) in [5.74, 6) is -0.0163. The molecule has 2 aromatic carbocycles. The number of hydrogen-bond donors (Lipinski definition) is 1. The molecular formula is C17H12Cl2N4O4S. The molecule has 0 saturated heterocycles. The zero-order valence-electron chi connectivity index (χ0n) is 14.1. The minimum atomic E-state index is -0.623. The number of benzene rings is 2. The molecule has 0 spiro atoms. The van der Waals surface area contributed by atoms with Gasteiger partial charge in [-0.15, -0.1) is 10.2 Å². The van der Waals surface area contributed by atoms with Gasteiger partial charge in [0.2, 0.25) is 11.8 Å². The number of hydrogen-bond acceptors (Lipinski definition) is 7. The summed E-state index contributed by atoms with van der Waals surface area (Å²) >= 11 is 13.0. The number of carbonyl (C=O) groups is 1. The van der Waals surface area contributed by atoms with Crippen molar-refractivity contribution in [2.75, 3.05) is 11.1 Å². The van der Waals surface area contributed by atoms with Crippen LogP contribution in [-0.2, 0) is 11.2 Å². The third-order valence-corrected chi connectivity index (χ3v) is 4.89. The lowest BCUT2D eigenvalue weighted by Crippen LogP contribution is -2.14. The van der Waals surface area contributed by atoms with Gasteiger partial charge in [0.1, 0.15) is 0 Å². The van der Waals surface area contributed by atoms with Gasteiger partial charge in [-0.3, -0.25) is 14.9 Å². The molecule has 11 heteroatoms. The molecule has 0 bridgehead atoms. The fourth-order valence-corrected chi connectivity index (χ4v) is 3.38. The molecule has 3 rings (SSSR count). The van der Waals surface area contributed by atoms with Crippen molar-refractivity contribution in [3.8, 4) is 0 Å². The SMILES string of the molecule is O=C(CSc1nnc(Cc2ccccc2)o1)Nc1c(Cl)cc([N+](=O)[O-])cc1Cl. The number of nitro groups is 1. The van der Waals surface area contributed by atoms with Gasteiger partial charge in [0, 0.05) is 12.1 Å². The Morgan fingerprint density at radius 2 is 1.86 bits per heavy atom. The molecule has 0 saturated carbocycles. The van der Waals surface area contributed by atoms with Crippen LogP contribution in [0.4, 0.5) is 11.4 Å². The number of nitrogens with one attached hydrogen (secondary N) is 1. The third-order valence-electron chi connectivity index (χ3n) is 3.48. The molecule has 8 nitrogen and oxygen atoms in total. The monoisotopic (exact) mass is 438 g/mol. The summed E-state index contributed by atoms with van der Waals surface area (Å²) in [6, 6.07) is 11.9. The van der Waals surface area contributed by atoms with E-state index in [4.69, 9.17) is 27.6 Å². The lowest BCUT2D eigenvalue weighted by molar-refractivity contribution is -0.384. The second kappa shape index (κ2) is 9.05. The van der Waals surface area contributed by atoms with E-state index in [1.165, 1.54) is 0 Å². The normalized spacial score (nSPS) is 10.6. The maximum atomic E-state index is 12.1. The number of rotatable bonds is 7. The number of halogens is 2. The molecule has 28 heavy (non-hydrogen) atoms. The Kier molecular flexibility index (Phi) is 6.50. The standard InChI is InChI=1S/C17H12Cl2N4O4S/c18-12-7-11(23(25)26)8-13(19)16(12)20-14(24)9-28-17-22-21-15(27-17)6-10-4-2-1-3-5-10/h1-5,7-8H,6,9H2,(H,20,24). The molecule has 0 aliphatic heterocycles. The molecule has 144 valence electrons.